The molecule has 2 N–H and O–H groups in total. The Kier molecular flexibility index (Phi) is 5.91. The number of benzene rings is 2. The van der Waals surface area contributed by atoms with E-state index in [4.69, 9.17) is 5.73 Å². The number of hydrogen-bond acceptors (Lipinski definition) is 3. The SMILES string of the molecule is CN(C)CCc1ccc(C(=O)N2[C@@H](C(N)=O)CC[C@@H]2c2ccccc2)cc1. The maximum atomic E-state index is 13.2. The molecular formula is C22H27N3O2. The minimum Gasteiger partial charge on any atom is -0.368 e. The number of rotatable bonds is 6. The van der Waals surface area contributed by atoms with Gasteiger partial charge in [-0.15, -0.1) is 0 Å². The molecular weight excluding hydrogens is 338 g/mol. The number of likely N-dealkylation sites (N-methyl/N-ethyl adjacent to an activating group) is 1. The lowest BCUT2D eigenvalue weighted by Gasteiger charge is -2.29. The summed E-state index contributed by atoms with van der Waals surface area (Å²) in [5.41, 5.74) is 8.42. The summed E-state index contributed by atoms with van der Waals surface area (Å²) in [5, 5.41) is 0. The third-order valence-electron chi connectivity index (χ3n) is 5.18. The van der Waals surface area contributed by atoms with Crippen LogP contribution in [-0.4, -0.2) is 48.3 Å². The maximum Gasteiger partial charge on any atom is 0.255 e. The van der Waals surface area contributed by atoms with Gasteiger partial charge in [-0.2, -0.15) is 0 Å². The lowest BCUT2D eigenvalue weighted by atomic mass is 10.0. The second-order valence-electron chi connectivity index (χ2n) is 7.38. The number of nitrogens with two attached hydrogens (primary N) is 1. The van der Waals surface area contributed by atoms with E-state index in [1.54, 1.807) is 4.90 Å². The van der Waals surface area contributed by atoms with Crippen molar-refractivity contribution in [3.63, 3.8) is 0 Å². The minimum absolute atomic E-state index is 0.121. The van der Waals surface area contributed by atoms with E-state index < -0.39 is 11.9 Å². The highest BCUT2D eigenvalue weighted by Gasteiger charge is 2.40. The van der Waals surface area contributed by atoms with Crippen LogP contribution in [0.5, 0.6) is 0 Å². The van der Waals surface area contributed by atoms with Gasteiger partial charge in [0.05, 0.1) is 6.04 Å². The topological polar surface area (TPSA) is 66.6 Å². The minimum atomic E-state index is -0.559. The highest BCUT2D eigenvalue weighted by atomic mass is 16.2. The molecule has 0 bridgehead atoms. The van der Waals surface area contributed by atoms with Crippen LogP contribution < -0.4 is 5.73 Å². The second-order valence-corrected chi connectivity index (χ2v) is 7.38. The number of carbonyl (C=O) groups is 2. The van der Waals surface area contributed by atoms with Crippen molar-refractivity contribution in [3.05, 3.63) is 71.3 Å². The predicted octanol–water partition coefficient (Wildman–Crippen LogP) is 2.62. The van der Waals surface area contributed by atoms with Gasteiger partial charge in [-0.25, -0.2) is 0 Å². The smallest absolute Gasteiger partial charge is 0.255 e. The fourth-order valence-corrected chi connectivity index (χ4v) is 3.69. The summed E-state index contributed by atoms with van der Waals surface area (Å²) in [4.78, 5) is 29.0. The number of amides is 2. The van der Waals surface area contributed by atoms with Crippen LogP contribution in [0.15, 0.2) is 54.6 Å². The summed E-state index contributed by atoms with van der Waals surface area (Å²) in [6.07, 6.45) is 2.27. The number of nitrogens with zero attached hydrogens (tertiary/aromatic N) is 2. The molecule has 27 heavy (non-hydrogen) atoms. The molecule has 1 aliphatic heterocycles. The van der Waals surface area contributed by atoms with Gasteiger partial charge in [0, 0.05) is 12.1 Å². The Morgan fingerprint density at radius 3 is 2.30 bits per heavy atom. The predicted molar refractivity (Wildman–Crippen MR) is 106 cm³/mol. The van der Waals surface area contributed by atoms with Gasteiger partial charge in [0.2, 0.25) is 5.91 Å². The number of likely N-dealkylation sites (tertiary alicyclic amines) is 1. The van der Waals surface area contributed by atoms with E-state index in [9.17, 15) is 9.59 Å². The van der Waals surface area contributed by atoms with Crippen LogP contribution in [0.4, 0.5) is 0 Å². The molecule has 2 amide bonds. The van der Waals surface area contributed by atoms with Crippen LogP contribution >= 0.6 is 0 Å². The fraction of sp³-hybridized carbons (Fsp3) is 0.364. The van der Waals surface area contributed by atoms with Crippen molar-refractivity contribution in [2.45, 2.75) is 31.3 Å². The Morgan fingerprint density at radius 2 is 1.70 bits per heavy atom. The van der Waals surface area contributed by atoms with Gasteiger partial charge in [-0.1, -0.05) is 42.5 Å². The summed E-state index contributed by atoms with van der Waals surface area (Å²) in [7, 11) is 4.08. The van der Waals surface area contributed by atoms with Crippen molar-refractivity contribution in [2.24, 2.45) is 5.73 Å². The zero-order valence-corrected chi connectivity index (χ0v) is 16.0. The van der Waals surface area contributed by atoms with Crippen LogP contribution in [0.2, 0.25) is 0 Å². The zero-order valence-electron chi connectivity index (χ0n) is 16.0. The molecule has 0 aliphatic carbocycles. The van der Waals surface area contributed by atoms with Crippen molar-refractivity contribution in [1.29, 1.82) is 0 Å². The van der Waals surface area contributed by atoms with Gasteiger partial charge in [0.1, 0.15) is 6.04 Å². The lowest BCUT2D eigenvalue weighted by molar-refractivity contribution is -0.122. The maximum absolute atomic E-state index is 13.2. The molecule has 0 saturated carbocycles. The van der Waals surface area contributed by atoms with Crippen LogP contribution in [-0.2, 0) is 11.2 Å². The third-order valence-corrected chi connectivity index (χ3v) is 5.18. The normalized spacial score (nSPS) is 19.4. The Balaban J connectivity index is 1.83. The van der Waals surface area contributed by atoms with Crippen LogP contribution in [0.1, 0.15) is 40.4 Å². The molecule has 2 aromatic rings. The first-order valence-electron chi connectivity index (χ1n) is 9.38. The first kappa shape index (κ1) is 19.1. The van der Waals surface area contributed by atoms with Crippen molar-refractivity contribution < 1.29 is 9.59 Å². The van der Waals surface area contributed by atoms with Crippen molar-refractivity contribution in [3.8, 4) is 0 Å². The molecule has 1 heterocycles. The molecule has 0 aromatic heterocycles. The standard InChI is InChI=1S/C22H27N3O2/c1-24(2)15-14-16-8-10-18(11-9-16)22(27)25-19(12-13-20(25)21(23)26)17-6-4-3-5-7-17/h3-11,19-20H,12-15H2,1-2H3,(H2,23,26)/t19-,20-/m1/s1. The van der Waals surface area contributed by atoms with E-state index in [1.165, 1.54) is 5.56 Å². The summed E-state index contributed by atoms with van der Waals surface area (Å²) >= 11 is 0. The van der Waals surface area contributed by atoms with E-state index in [0.717, 1.165) is 24.9 Å². The molecule has 3 rings (SSSR count). The van der Waals surface area contributed by atoms with Gasteiger partial charge < -0.3 is 15.5 Å². The van der Waals surface area contributed by atoms with Crippen molar-refractivity contribution >= 4 is 11.8 Å². The molecule has 1 aliphatic rings. The van der Waals surface area contributed by atoms with Gasteiger partial charge >= 0.3 is 0 Å². The number of primary amides is 1. The Hall–Kier alpha value is -2.66. The molecule has 5 nitrogen and oxygen atoms in total. The Labute approximate surface area is 160 Å². The highest BCUT2D eigenvalue weighted by molar-refractivity contribution is 5.98. The van der Waals surface area contributed by atoms with Crippen LogP contribution in [0, 0.1) is 0 Å². The van der Waals surface area contributed by atoms with Crippen LogP contribution in [0.3, 0.4) is 0 Å². The Bertz CT molecular complexity index is 787. The summed E-state index contributed by atoms with van der Waals surface area (Å²) in [6, 6.07) is 16.9. The molecule has 0 radical (unpaired) electrons. The fourth-order valence-electron chi connectivity index (χ4n) is 3.69. The van der Waals surface area contributed by atoms with Gasteiger partial charge in [-0.3, -0.25) is 9.59 Å². The van der Waals surface area contributed by atoms with Crippen LogP contribution in [0.25, 0.3) is 0 Å². The van der Waals surface area contributed by atoms with Gasteiger partial charge in [0.15, 0.2) is 0 Å². The quantitative estimate of drug-likeness (QED) is 0.856. The Morgan fingerprint density at radius 1 is 1.04 bits per heavy atom. The number of hydrogen-bond donors (Lipinski definition) is 1. The average Bonchev–Trinajstić information content (AvgIpc) is 3.12. The lowest BCUT2D eigenvalue weighted by Crippen LogP contribution is -2.44. The zero-order chi connectivity index (χ0) is 19.4. The second kappa shape index (κ2) is 8.35. The molecule has 5 heteroatoms. The van der Waals surface area contributed by atoms with Crippen molar-refractivity contribution in [1.82, 2.24) is 9.80 Å². The van der Waals surface area contributed by atoms with Gasteiger partial charge in [-0.05, 0) is 56.6 Å². The molecule has 1 fully saturated rings. The molecule has 2 aromatic carbocycles. The van der Waals surface area contributed by atoms with E-state index in [2.05, 4.69) is 4.90 Å². The molecule has 142 valence electrons. The third kappa shape index (κ3) is 4.37. The number of carbonyl (C=O) groups excluding carboxylic acids is 2. The van der Waals surface area contributed by atoms with E-state index >= 15 is 0 Å². The monoisotopic (exact) mass is 365 g/mol. The first-order chi connectivity index (χ1) is 13.0. The summed E-state index contributed by atoms with van der Waals surface area (Å²) in [5.74, 6) is -0.575. The average molecular weight is 365 g/mol. The van der Waals surface area contributed by atoms with Crippen molar-refractivity contribution in [2.75, 3.05) is 20.6 Å². The van der Waals surface area contributed by atoms with E-state index in [0.29, 0.717) is 12.0 Å². The molecule has 0 spiro atoms. The first-order valence-corrected chi connectivity index (χ1v) is 9.38. The summed E-state index contributed by atoms with van der Waals surface area (Å²) < 4.78 is 0. The molecule has 2 atom stereocenters. The molecule has 0 unspecified atom stereocenters. The van der Waals surface area contributed by atoms with E-state index in [-0.39, 0.29) is 11.9 Å². The summed E-state index contributed by atoms with van der Waals surface area (Å²) in [6.45, 7) is 0.958. The van der Waals surface area contributed by atoms with E-state index in [1.807, 2.05) is 68.7 Å². The highest BCUT2D eigenvalue weighted by Crippen LogP contribution is 2.37. The van der Waals surface area contributed by atoms with Gasteiger partial charge in [0.25, 0.3) is 5.91 Å². The molecule has 1 saturated heterocycles. The largest absolute Gasteiger partial charge is 0.368 e.